The van der Waals surface area contributed by atoms with E-state index in [0.717, 1.165) is 51.7 Å². The number of rotatable bonds is 5. The first kappa shape index (κ1) is 23.0. The molecule has 1 aliphatic heterocycles. The van der Waals surface area contributed by atoms with Crippen LogP contribution in [-0.4, -0.2) is 20.0 Å². The fourth-order valence-corrected chi connectivity index (χ4v) is 5.17. The number of hydrogen-bond acceptors (Lipinski definition) is 5. The topological polar surface area (TPSA) is 59.6 Å². The molecule has 2 N–H and O–H groups in total. The summed E-state index contributed by atoms with van der Waals surface area (Å²) in [6.45, 7) is 4.36. The van der Waals surface area contributed by atoms with E-state index in [2.05, 4.69) is 60.9 Å². The Labute approximate surface area is 207 Å². The van der Waals surface area contributed by atoms with Crippen LogP contribution in [0, 0.1) is 0 Å². The molecule has 35 heavy (non-hydrogen) atoms. The summed E-state index contributed by atoms with van der Waals surface area (Å²) in [7, 11) is 3.35. The van der Waals surface area contributed by atoms with E-state index in [0.29, 0.717) is 12.3 Å². The molecule has 2 unspecified atom stereocenters. The van der Waals surface area contributed by atoms with Crippen molar-refractivity contribution in [3.05, 3.63) is 94.7 Å². The Bertz CT molecular complexity index is 1280. The van der Waals surface area contributed by atoms with Crippen molar-refractivity contribution in [2.75, 3.05) is 24.9 Å². The van der Waals surface area contributed by atoms with Gasteiger partial charge in [-0.15, -0.1) is 0 Å². The van der Waals surface area contributed by atoms with Gasteiger partial charge in [-0.05, 0) is 65.8 Å². The second-order valence-corrected chi connectivity index (χ2v) is 9.60. The fourth-order valence-electron chi connectivity index (χ4n) is 5.17. The van der Waals surface area contributed by atoms with Crippen LogP contribution < -0.4 is 20.1 Å². The molecule has 2 atom stereocenters. The van der Waals surface area contributed by atoms with Crippen LogP contribution in [0.15, 0.2) is 78.0 Å². The molecule has 0 amide bonds. The van der Waals surface area contributed by atoms with Gasteiger partial charge in [0.05, 0.1) is 31.6 Å². The lowest BCUT2D eigenvalue weighted by Crippen LogP contribution is -2.27. The third kappa shape index (κ3) is 4.39. The molecular weight excluding hydrogens is 436 g/mol. The molecule has 0 aromatic heterocycles. The number of carbonyl (C=O) groups is 1. The summed E-state index contributed by atoms with van der Waals surface area (Å²) in [5, 5.41) is 7.30. The molecule has 5 heteroatoms. The highest BCUT2D eigenvalue weighted by molar-refractivity contribution is 6.01. The van der Waals surface area contributed by atoms with Gasteiger partial charge in [-0.2, -0.15) is 0 Å². The van der Waals surface area contributed by atoms with E-state index in [-0.39, 0.29) is 17.7 Å². The van der Waals surface area contributed by atoms with Crippen LogP contribution in [0.2, 0.25) is 0 Å². The van der Waals surface area contributed by atoms with Gasteiger partial charge in [0.15, 0.2) is 5.78 Å². The largest absolute Gasteiger partial charge is 0.497 e. The van der Waals surface area contributed by atoms with Gasteiger partial charge in [0, 0.05) is 23.3 Å². The summed E-state index contributed by atoms with van der Waals surface area (Å²) in [5.41, 5.74) is 7.07. The number of nitrogens with one attached hydrogen (secondary N) is 2. The Morgan fingerprint density at radius 2 is 1.63 bits per heavy atom. The van der Waals surface area contributed by atoms with Crippen molar-refractivity contribution >= 4 is 17.2 Å². The predicted molar refractivity (Wildman–Crippen MR) is 141 cm³/mol. The van der Waals surface area contributed by atoms with Gasteiger partial charge in [0.2, 0.25) is 0 Å². The minimum Gasteiger partial charge on any atom is -0.497 e. The van der Waals surface area contributed by atoms with Gasteiger partial charge in [-0.1, -0.05) is 44.2 Å². The van der Waals surface area contributed by atoms with Crippen LogP contribution in [0.1, 0.15) is 61.3 Å². The summed E-state index contributed by atoms with van der Waals surface area (Å²) < 4.78 is 11.1. The average molecular weight is 469 g/mol. The Hall–Kier alpha value is -3.73. The van der Waals surface area contributed by atoms with Gasteiger partial charge in [0.1, 0.15) is 11.5 Å². The van der Waals surface area contributed by atoms with Crippen LogP contribution in [0.5, 0.6) is 11.5 Å². The van der Waals surface area contributed by atoms with Gasteiger partial charge >= 0.3 is 0 Å². The van der Waals surface area contributed by atoms with Crippen molar-refractivity contribution in [2.45, 2.75) is 44.6 Å². The van der Waals surface area contributed by atoms with E-state index in [1.54, 1.807) is 14.2 Å². The summed E-state index contributed by atoms with van der Waals surface area (Å²) in [6.07, 6.45) is 1.22. The predicted octanol–water partition coefficient (Wildman–Crippen LogP) is 6.81. The smallest absolute Gasteiger partial charge is 0.163 e. The van der Waals surface area contributed by atoms with Crippen molar-refractivity contribution in [3.8, 4) is 11.5 Å². The first-order valence-corrected chi connectivity index (χ1v) is 12.2. The molecule has 3 aromatic rings. The molecule has 2 aliphatic rings. The molecule has 0 saturated heterocycles. The van der Waals surface area contributed by atoms with Crippen molar-refractivity contribution in [3.63, 3.8) is 0 Å². The maximum atomic E-state index is 13.8. The minimum atomic E-state index is -0.306. The lowest BCUT2D eigenvalue weighted by atomic mass is 9.78. The standard InChI is InChI=1S/C30H32N2O3/c1-18(2)20-11-14-28(35-4)23(15-20)30-29-26(31-24-7-5-6-8-25(24)32-30)16-21(17-27(29)33)19-9-12-22(34-3)13-10-19/h5-15,18,21,30-32H,16-17H2,1-4H3. The van der Waals surface area contributed by atoms with Crippen molar-refractivity contribution in [1.82, 2.24) is 0 Å². The zero-order valence-corrected chi connectivity index (χ0v) is 20.7. The zero-order chi connectivity index (χ0) is 24.5. The van der Waals surface area contributed by atoms with Gasteiger partial charge in [0.25, 0.3) is 0 Å². The van der Waals surface area contributed by atoms with Gasteiger partial charge in [-0.3, -0.25) is 4.79 Å². The number of hydrogen-bond donors (Lipinski definition) is 2. The molecule has 5 nitrogen and oxygen atoms in total. The highest BCUT2D eigenvalue weighted by atomic mass is 16.5. The third-order valence-electron chi connectivity index (χ3n) is 7.13. The number of fused-ring (bicyclic) bond motifs is 1. The monoisotopic (exact) mass is 468 g/mol. The number of anilines is 2. The average Bonchev–Trinajstić information content (AvgIpc) is 3.05. The number of Topliss-reactive ketones (excluding diaryl/α,β-unsaturated/α-hetero) is 1. The number of allylic oxidation sites excluding steroid dienone is 1. The lowest BCUT2D eigenvalue weighted by Gasteiger charge is -2.30. The Morgan fingerprint density at radius 1 is 0.886 bits per heavy atom. The summed E-state index contributed by atoms with van der Waals surface area (Å²) >= 11 is 0. The maximum Gasteiger partial charge on any atom is 0.163 e. The molecule has 0 spiro atoms. The normalized spacial score (nSPS) is 19.3. The summed E-state index contributed by atoms with van der Waals surface area (Å²) in [5.74, 6) is 2.23. The van der Waals surface area contributed by atoms with Crippen LogP contribution in [0.25, 0.3) is 0 Å². The van der Waals surface area contributed by atoms with Crippen LogP contribution in [0.4, 0.5) is 11.4 Å². The SMILES string of the molecule is COc1ccc(C2CC(=O)C3=C(C2)Nc2ccccc2NC3c2cc(C(C)C)ccc2OC)cc1. The minimum absolute atomic E-state index is 0.106. The third-order valence-corrected chi connectivity index (χ3v) is 7.13. The van der Waals surface area contributed by atoms with E-state index >= 15 is 0 Å². The maximum absolute atomic E-state index is 13.8. The van der Waals surface area contributed by atoms with E-state index in [9.17, 15) is 4.79 Å². The zero-order valence-electron chi connectivity index (χ0n) is 20.7. The van der Waals surface area contributed by atoms with E-state index in [4.69, 9.17) is 9.47 Å². The Balaban J connectivity index is 1.62. The highest BCUT2D eigenvalue weighted by Crippen LogP contribution is 2.46. The molecule has 0 saturated carbocycles. The number of ether oxygens (including phenoxy) is 2. The molecule has 0 bridgehead atoms. The fraction of sp³-hybridized carbons (Fsp3) is 0.300. The van der Waals surface area contributed by atoms with E-state index < -0.39 is 0 Å². The number of benzene rings is 3. The lowest BCUT2D eigenvalue weighted by molar-refractivity contribution is -0.116. The number of carbonyl (C=O) groups excluding carboxylic acids is 1. The van der Waals surface area contributed by atoms with Crippen LogP contribution in [-0.2, 0) is 4.79 Å². The molecule has 1 heterocycles. The second-order valence-electron chi connectivity index (χ2n) is 9.60. The number of methoxy groups -OCH3 is 2. The second kappa shape index (κ2) is 9.49. The van der Waals surface area contributed by atoms with E-state index in [1.165, 1.54) is 5.56 Å². The molecule has 0 radical (unpaired) electrons. The first-order valence-electron chi connectivity index (χ1n) is 12.2. The van der Waals surface area contributed by atoms with Crippen LogP contribution >= 0.6 is 0 Å². The molecule has 3 aromatic carbocycles. The molecule has 5 rings (SSSR count). The van der Waals surface area contributed by atoms with Gasteiger partial charge in [-0.25, -0.2) is 0 Å². The summed E-state index contributed by atoms with van der Waals surface area (Å²) in [4.78, 5) is 13.8. The Kier molecular flexibility index (Phi) is 6.25. The highest BCUT2D eigenvalue weighted by Gasteiger charge is 2.37. The molecule has 0 fully saturated rings. The van der Waals surface area contributed by atoms with Crippen molar-refractivity contribution < 1.29 is 14.3 Å². The van der Waals surface area contributed by atoms with Crippen molar-refractivity contribution in [2.24, 2.45) is 0 Å². The number of ketones is 1. The first-order chi connectivity index (χ1) is 17.0. The quantitative estimate of drug-likeness (QED) is 0.431. The van der Waals surface area contributed by atoms with Crippen molar-refractivity contribution in [1.29, 1.82) is 0 Å². The molecule has 1 aliphatic carbocycles. The molecule has 180 valence electrons. The number of para-hydroxylation sites is 2. The van der Waals surface area contributed by atoms with Crippen LogP contribution in [0.3, 0.4) is 0 Å². The van der Waals surface area contributed by atoms with E-state index in [1.807, 2.05) is 30.3 Å². The Morgan fingerprint density at radius 3 is 2.31 bits per heavy atom. The summed E-state index contributed by atoms with van der Waals surface area (Å²) in [6, 6.07) is 22.2. The van der Waals surface area contributed by atoms with Gasteiger partial charge < -0.3 is 20.1 Å². The molecular formula is C30H32N2O3.